The average molecular weight is 335 g/mol. The van der Waals surface area contributed by atoms with E-state index in [0.717, 1.165) is 12.1 Å². The van der Waals surface area contributed by atoms with E-state index in [1.54, 1.807) is 24.0 Å². The molecule has 8 heteroatoms. The molecule has 0 saturated carbocycles. The van der Waals surface area contributed by atoms with Crippen molar-refractivity contribution in [3.05, 3.63) is 42.1 Å². The zero-order chi connectivity index (χ0) is 16.4. The van der Waals surface area contributed by atoms with Crippen LogP contribution in [-0.2, 0) is 21.4 Å². The average Bonchev–Trinajstić information content (AvgIpc) is 3.14. The lowest BCUT2D eigenvalue weighted by Gasteiger charge is -2.16. The number of nitrogens with one attached hydrogen (secondary N) is 1. The third kappa shape index (κ3) is 3.43. The third-order valence-corrected chi connectivity index (χ3v) is 5.03. The number of rotatable bonds is 5. The maximum absolute atomic E-state index is 12.2. The molecule has 0 bridgehead atoms. The van der Waals surface area contributed by atoms with Crippen LogP contribution in [0.15, 0.2) is 39.8 Å². The first-order chi connectivity index (χ1) is 11.0. The molecule has 1 aromatic carbocycles. The molecule has 1 fully saturated rings. The molecular weight excluding hydrogens is 318 g/mol. The quantitative estimate of drug-likeness (QED) is 0.896. The van der Waals surface area contributed by atoms with E-state index in [1.807, 2.05) is 0 Å². The van der Waals surface area contributed by atoms with Crippen molar-refractivity contribution in [2.45, 2.75) is 31.2 Å². The Kier molecular flexibility index (Phi) is 4.18. The highest BCUT2D eigenvalue weighted by atomic mass is 32.2. The van der Waals surface area contributed by atoms with Gasteiger partial charge < -0.3 is 9.32 Å². The van der Waals surface area contributed by atoms with Crippen molar-refractivity contribution in [2.24, 2.45) is 0 Å². The number of benzene rings is 1. The van der Waals surface area contributed by atoms with Crippen molar-refractivity contribution in [1.82, 2.24) is 9.71 Å². The summed E-state index contributed by atoms with van der Waals surface area (Å²) >= 11 is 0. The van der Waals surface area contributed by atoms with E-state index in [-0.39, 0.29) is 17.3 Å². The molecule has 2 aromatic rings. The third-order valence-electron chi connectivity index (χ3n) is 3.61. The number of aryl methyl sites for hydroxylation is 1. The molecule has 1 aromatic heterocycles. The Bertz CT molecular complexity index is 812. The molecule has 0 atom stereocenters. The SMILES string of the molecule is Cc1cnc(CNS(=O)(=O)c2ccc(N3CCCC3=O)cc2)o1. The molecule has 0 unspecified atom stereocenters. The molecule has 23 heavy (non-hydrogen) atoms. The van der Waals surface area contributed by atoms with Gasteiger partial charge in [-0.1, -0.05) is 0 Å². The molecule has 122 valence electrons. The highest BCUT2D eigenvalue weighted by Crippen LogP contribution is 2.23. The van der Waals surface area contributed by atoms with Gasteiger partial charge in [0.25, 0.3) is 0 Å². The van der Waals surface area contributed by atoms with Gasteiger partial charge in [0, 0.05) is 18.7 Å². The van der Waals surface area contributed by atoms with Crippen molar-refractivity contribution in [1.29, 1.82) is 0 Å². The lowest BCUT2D eigenvalue weighted by Crippen LogP contribution is -2.25. The summed E-state index contributed by atoms with van der Waals surface area (Å²) in [6.07, 6.45) is 2.90. The highest BCUT2D eigenvalue weighted by Gasteiger charge is 2.22. The number of carbonyl (C=O) groups is 1. The zero-order valence-electron chi connectivity index (χ0n) is 12.7. The standard InChI is InChI=1S/C15H17N3O4S/c1-11-9-16-14(22-11)10-17-23(20,21)13-6-4-12(5-7-13)18-8-2-3-15(18)19/h4-7,9,17H,2-3,8,10H2,1H3. The monoisotopic (exact) mass is 335 g/mol. The van der Waals surface area contributed by atoms with Gasteiger partial charge in [0.1, 0.15) is 5.76 Å². The molecular formula is C15H17N3O4S. The summed E-state index contributed by atoms with van der Waals surface area (Å²) in [5.41, 5.74) is 0.717. The van der Waals surface area contributed by atoms with Crippen molar-refractivity contribution >= 4 is 21.6 Å². The minimum atomic E-state index is -3.66. The summed E-state index contributed by atoms with van der Waals surface area (Å²) in [6.45, 7) is 2.40. The number of sulfonamides is 1. The van der Waals surface area contributed by atoms with Gasteiger partial charge in [0.05, 0.1) is 17.6 Å². The fraction of sp³-hybridized carbons (Fsp3) is 0.333. The molecule has 1 N–H and O–H groups in total. The maximum atomic E-state index is 12.2. The van der Waals surface area contributed by atoms with Gasteiger partial charge in [-0.05, 0) is 37.6 Å². The normalized spacial score (nSPS) is 15.3. The van der Waals surface area contributed by atoms with E-state index >= 15 is 0 Å². The van der Waals surface area contributed by atoms with E-state index in [9.17, 15) is 13.2 Å². The van der Waals surface area contributed by atoms with Crippen LogP contribution in [0.2, 0.25) is 0 Å². The van der Waals surface area contributed by atoms with Gasteiger partial charge in [-0.25, -0.2) is 18.1 Å². The second-order valence-corrected chi connectivity index (χ2v) is 7.10. The summed E-state index contributed by atoms with van der Waals surface area (Å²) in [4.78, 5) is 17.4. The number of aromatic nitrogens is 1. The first-order valence-electron chi connectivity index (χ1n) is 7.27. The van der Waals surface area contributed by atoms with Crippen LogP contribution in [0.4, 0.5) is 5.69 Å². The van der Waals surface area contributed by atoms with Crippen molar-refractivity contribution in [2.75, 3.05) is 11.4 Å². The number of amides is 1. The van der Waals surface area contributed by atoms with Gasteiger partial charge in [-0.15, -0.1) is 0 Å². The summed E-state index contributed by atoms with van der Waals surface area (Å²) in [7, 11) is -3.66. The highest BCUT2D eigenvalue weighted by molar-refractivity contribution is 7.89. The van der Waals surface area contributed by atoms with Gasteiger partial charge in [-0.3, -0.25) is 4.79 Å². The van der Waals surface area contributed by atoms with Gasteiger partial charge in [0.15, 0.2) is 0 Å². The zero-order valence-corrected chi connectivity index (χ0v) is 13.5. The lowest BCUT2D eigenvalue weighted by molar-refractivity contribution is -0.117. The first-order valence-corrected chi connectivity index (χ1v) is 8.75. The minimum absolute atomic E-state index is 0.0114. The number of oxazole rings is 1. The molecule has 2 heterocycles. The smallest absolute Gasteiger partial charge is 0.241 e. The molecule has 1 aliphatic heterocycles. The van der Waals surface area contributed by atoms with Gasteiger partial charge >= 0.3 is 0 Å². The van der Waals surface area contributed by atoms with Crippen LogP contribution in [0, 0.1) is 6.92 Å². The number of carbonyl (C=O) groups excluding carboxylic acids is 1. The number of hydrogen-bond acceptors (Lipinski definition) is 5. The van der Waals surface area contributed by atoms with E-state index in [1.165, 1.54) is 18.3 Å². The van der Waals surface area contributed by atoms with Crippen LogP contribution in [0.3, 0.4) is 0 Å². The first kappa shape index (κ1) is 15.7. The van der Waals surface area contributed by atoms with Crippen LogP contribution in [0.25, 0.3) is 0 Å². The Balaban J connectivity index is 1.71. The molecule has 1 saturated heterocycles. The number of hydrogen-bond donors (Lipinski definition) is 1. The molecule has 1 amide bonds. The second-order valence-electron chi connectivity index (χ2n) is 5.33. The van der Waals surface area contributed by atoms with E-state index in [2.05, 4.69) is 9.71 Å². The Hall–Kier alpha value is -2.19. The van der Waals surface area contributed by atoms with Crippen molar-refractivity contribution < 1.29 is 17.6 Å². The Morgan fingerprint density at radius 3 is 2.61 bits per heavy atom. The van der Waals surface area contributed by atoms with Crippen molar-refractivity contribution in [3.8, 4) is 0 Å². The minimum Gasteiger partial charge on any atom is -0.445 e. The van der Waals surface area contributed by atoms with Crippen LogP contribution in [0.1, 0.15) is 24.5 Å². The molecule has 7 nitrogen and oxygen atoms in total. The molecule has 3 rings (SSSR count). The topological polar surface area (TPSA) is 92.5 Å². The van der Waals surface area contributed by atoms with Crippen LogP contribution >= 0.6 is 0 Å². The summed E-state index contributed by atoms with van der Waals surface area (Å²) in [6, 6.07) is 6.27. The maximum Gasteiger partial charge on any atom is 0.241 e. The van der Waals surface area contributed by atoms with E-state index in [4.69, 9.17) is 4.42 Å². The van der Waals surface area contributed by atoms with Gasteiger partial charge in [-0.2, -0.15) is 0 Å². The van der Waals surface area contributed by atoms with E-state index in [0.29, 0.717) is 24.6 Å². The lowest BCUT2D eigenvalue weighted by atomic mass is 10.3. The Labute approximate surface area is 134 Å². The predicted molar refractivity (Wildman–Crippen MR) is 83.3 cm³/mol. The summed E-state index contributed by atoms with van der Waals surface area (Å²) in [5, 5.41) is 0. The fourth-order valence-electron chi connectivity index (χ4n) is 2.45. The number of nitrogens with zero attached hydrogens (tertiary/aromatic N) is 2. The largest absolute Gasteiger partial charge is 0.445 e. The summed E-state index contributed by atoms with van der Waals surface area (Å²) < 4.78 is 32.2. The Morgan fingerprint density at radius 1 is 1.30 bits per heavy atom. The summed E-state index contributed by atoms with van der Waals surface area (Å²) in [5.74, 6) is 1.00. The molecule has 0 aliphatic carbocycles. The Morgan fingerprint density at radius 2 is 2.04 bits per heavy atom. The fourth-order valence-corrected chi connectivity index (χ4v) is 3.42. The second kappa shape index (κ2) is 6.13. The number of anilines is 1. The van der Waals surface area contributed by atoms with Crippen LogP contribution in [-0.4, -0.2) is 25.9 Å². The van der Waals surface area contributed by atoms with E-state index < -0.39 is 10.0 Å². The molecule has 0 radical (unpaired) electrons. The van der Waals surface area contributed by atoms with Crippen LogP contribution in [0.5, 0.6) is 0 Å². The molecule has 1 aliphatic rings. The van der Waals surface area contributed by atoms with Crippen LogP contribution < -0.4 is 9.62 Å². The predicted octanol–water partition coefficient (Wildman–Crippen LogP) is 1.59. The van der Waals surface area contributed by atoms with Gasteiger partial charge in [0.2, 0.25) is 21.8 Å². The molecule has 0 spiro atoms. The van der Waals surface area contributed by atoms with Crippen molar-refractivity contribution in [3.63, 3.8) is 0 Å².